The molecule has 2 unspecified atom stereocenters. The number of carbonyl (C=O) groups excluding carboxylic acids is 5. The summed E-state index contributed by atoms with van der Waals surface area (Å²) in [5, 5.41) is 51.1. The Morgan fingerprint density at radius 1 is 0.833 bits per heavy atom. The van der Waals surface area contributed by atoms with Gasteiger partial charge in [-0.25, -0.2) is 4.79 Å². The van der Waals surface area contributed by atoms with Crippen molar-refractivity contribution in [3.8, 4) is 0 Å². The van der Waals surface area contributed by atoms with Crippen molar-refractivity contribution >= 4 is 29.6 Å². The fourth-order valence-electron chi connectivity index (χ4n) is 9.80. The fraction of sp³-hybridized carbons (Fsp3) is 0.620. The maximum atomic E-state index is 14.5. The van der Waals surface area contributed by atoms with Gasteiger partial charge in [-0.05, 0) is 76.9 Å². The largest absolute Gasteiger partial charge is 0.459 e. The van der Waals surface area contributed by atoms with Crippen molar-refractivity contribution < 1.29 is 151 Å². The Morgan fingerprint density at radius 2 is 1.35 bits per heavy atom. The molecule has 11 atom stereocenters. The molecule has 4 rings (SSSR count). The Bertz CT molecular complexity index is 1920. The zero-order valence-corrected chi connectivity index (χ0v) is 49.4. The number of ether oxygens (including phenoxy) is 4. The summed E-state index contributed by atoms with van der Waals surface area (Å²) in [7, 11) is 0. The fourth-order valence-corrected chi connectivity index (χ4v) is 9.80. The predicted octanol–water partition coefficient (Wildman–Crippen LogP) is 5.68. The van der Waals surface area contributed by atoms with Crippen molar-refractivity contribution in [3.63, 3.8) is 0 Å². The number of aliphatic hydroxyl groups excluding tert-OH is 2. The van der Waals surface area contributed by atoms with E-state index in [1.165, 1.54) is 27.7 Å². The Hall–Kier alpha value is -1.59. The SMILES string of the molecule is CC/C=C\C/C=C\C/C=C\C/C=C\C/C=C\C/C=C\CCC(=O)OC(C(=O)OC1C[C@@]2(O)[C@@H](OC(C)=O)[C@@H]3[C@]4(O)CO[C@@H]4C[C@H](O)[C@@]3(C)C(=O)[C@H](O)C(=C1C)C2(C)C)[C@H](C)NC(C)=O.[Ac].[Ac]. The minimum atomic E-state index is -2.24. The topological polar surface area (TPSA) is 215 Å². The van der Waals surface area contributed by atoms with Gasteiger partial charge in [0.25, 0.3) is 0 Å². The number of Topliss-reactive ketones (excluding diaryl/α,β-unsaturated/α-hetero) is 1. The first-order chi connectivity index (χ1) is 30.2. The molecule has 1 heterocycles. The zero-order chi connectivity index (χ0) is 47.5. The number of carbonyl (C=O) groups is 5. The van der Waals surface area contributed by atoms with Gasteiger partial charge in [0.1, 0.15) is 29.5 Å². The average molecular weight is 1350 g/mol. The van der Waals surface area contributed by atoms with Gasteiger partial charge < -0.3 is 44.7 Å². The van der Waals surface area contributed by atoms with E-state index in [1.807, 2.05) is 18.2 Å². The first-order valence-electron chi connectivity index (χ1n) is 22.6. The van der Waals surface area contributed by atoms with Gasteiger partial charge >= 0.3 is 17.9 Å². The first kappa shape index (κ1) is 60.5. The van der Waals surface area contributed by atoms with Crippen molar-refractivity contribution in [2.45, 2.75) is 173 Å². The van der Waals surface area contributed by atoms with E-state index in [1.54, 1.807) is 13.8 Å². The molecule has 3 aliphatic carbocycles. The standard InChI is InChI=1S/C50H71NO13.2Ac/c1-9-10-11-12-13-14-15-16-17-18-19-20-21-22-23-24-25-26-27-28-39(55)64-42(33(3)51-34(4)52)46(58)63-36-30-50(60)45(62-35(5)53)43-48(8,37(54)29-38-49(43,59)31-61-38)44(57)41(56)40(32(36)2)47(50,6)7;;/h10-11,13-14,16-17,19-20,22-23,25-26,33,36-38,41-43,45,54,56,59-60H,9,12,15,18,21,24,27-31H2,1-8H3,(H,51,52);;/b11-10-,14-13-,17-16-,20-19-,23-22-,26-25-;;/t33-,36?,37-,38+,41+,42?,43-,45-,48+,49-,50+;;/m0../s1. The molecule has 1 aliphatic heterocycles. The number of rotatable bonds is 20. The Kier molecular flexibility index (Phi) is 24.9. The molecule has 1 saturated heterocycles. The molecule has 360 valence electrons. The van der Waals surface area contributed by atoms with Crippen LogP contribution in [0, 0.1) is 105 Å². The molecule has 2 bridgehead atoms. The number of amides is 1. The molecule has 0 aromatic rings. The second-order valence-corrected chi connectivity index (χ2v) is 18.2. The molecule has 2 saturated carbocycles. The summed E-state index contributed by atoms with van der Waals surface area (Å²) in [6.45, 7) is 11.6. The van der Waals surface area contributed by atoms with Crippen molar-refractivity contribution in [1.82, 2.24) is 5.32 Å². The molecule has 1 amide bonds. The molecule has 5 N–H and O–H groups in total. The molecular weight excluding hydrogens is 1280 g/mol. The minimum absolute atomic E-state index is 0. The van der Waals surface area contributed by atoms with E-state index in [0.29, 0.717) is 12.8 Å². The van der Waals surface area contributed by atoms with Crippen molar-refractivity contribution in [2.24, 2.45) is 16.7 Å². The van der Waals surface area contributed by atoms with Gasteiger partial charge in [0.05, 0.1) is 30.3 Å². The van der Waals surface area contributed by atoms with Crippen LogP contribution in [0.25, 0.3) is 0 Å². The Morgan fingerprint density at radius 3 is 1.82 bits per heavy atom. The van der Waals surface area contributed by atoms with E-state index < -0.39 is 107 Å². The van der Waals surface area contributed by atoms with Gasteiger partial charge in [-0.2, -0.15) is 0 Å². The van der Waals surface area contributed by atoms with Crippen LogP contribution in [0.5, 0.6) is 0 Å². The average Bonchev–Trinajstić information content (AvgIpc) is 3.22. The molecule has 0 spiro atoms. The van der Waals surface area contributed by atoms with E-state index in [-0.39, 0.29) is 119 Å². The summed E-state index contributed by atoms with van der Waals surface area (Å²) < 4.78 is 23.1. The van der Waals surface area contributed by atoms with Crippen molar-refractivity contribution in [3.05, 3.63) is 84.1 Å². The predicted molar refractivity (Wildman–Crippen MR) is 240 cm³/mol. The summed E-state index contributed by atoms with van der Waals surface area (Å²) in [5.74, 6) is -5.53. The molecule has 3 fully saturated rings. The summed E-state index contributed by atoms with van der Waals surface area (Å²) in [6.07, 6.45) is 20.8. The van der Waals surface area contributed by atoms with Gasteiger partial charge in [0.2, 0.25) is 12.0 Å². The maximum absolute atomic E-state index is 14.5. The summed E-state index contributed by atoms with van der Waals surface area (Å²) >= 11 is 0. The van der Waals surface area contributed by atoms with Crippen LogP contribution in [-0.4, -0.2) is 110 Å². The smallest absolute Gasteiger partial charge is 0.350 e. The van der Waals surface area contributed by atoms with Crippen LogP contribution in [0.2, 0.25) is 0 Å². The number of nitrogens with one attached hydrogen (secondary N) is 1. The first-order valence-corrected chi connectivity index (χ1v) is 22.6. The van der Waals surface area contributed by atoms with E-state index in [0.717, 1.165) is 39.0 Å². The number of hydrogen-bond acceptors (Lipinski definition) is 13. The monoisotopic (exact) mass is 1350 g/mol. The summed E-state index contributed by atoms with van der Waals surface area (Å²) in [4.78, 5) is 66.7. The quantitative estimate of drug-likeness (QED) is 0.0565. The number of ketones is 1. The van der Waals surface area contributed by atoms with Crippen LogP contribution in [0.1, 0.15) is 120 Å². The van der Waals surface area contributed by atoms with E-state index in [2.05, 4.69) is 66.9 Å². The molecule has 2 radical (unpaired) electrons. The Balaban J connectivity index is 0.00000748. The third-order valence-corrected chi connectivity index (χ3v) is 13.4. The van der Waals surface area contributed by atoms with Gasteiger partial charge in [-0.15, -0.1) is 0 Å². The van der Waals surface area contributed by atoms with Crippen LogP contribution >= 0.6 is 0 Å². The van der Waals surface area contributed by atoms with Crippen molar-refractivity contribution in [1.29, 1.82) is 0 Å². The molecule has 66 heavy (non-hydrogen) atoms. The Labute approximate surface area is 462 Å². The number of esters is 3. The van der Waals surface area contributed by atoms with Crippen molar-refractivity contribution in [2.75, 3.05) is 6.61 Å². The van der Waals surface area contributed by atoms with Crippen LogP contribution < -0.4 is 5.32 Å². The van der Waals surface area contributed by atoms with Crippen LogP contribution in [0.15, 0.2) is 84.1 Å². The minimum Gasteiger partial charge on any atom is -0.459 e. The number of fused-ring (bicyclic) bond motifs is 5. The van der Waals surface area contributed by atoms with Gasteiger partial charge in [0, 0.05) is 133 Å². The second-order valence-electron chi connectivity index (χ2n) is 18.2. The number of allylic oxidation sites excluding steroid dienone is 12. The number of aliphatic hydroxyl groups is 4. The third kappa shape index (κ3) is 14.1. The van der Waals surface area contributed by atoms with E-state index in [9.17, 15) is 44.4 Å². The summed E-state index contributed by atoms with van der Waals surface area (Å²) in [6, 6.07) is -1.06. The van der Waals surface area contributed by atoms with Crippen LogP contribution in [-0.2, 0) is 42.9 Å². The molecule has 14 nitrogen and oxygen atoms in total. The summed E-state index contributed by atoms with van der Waals surface area (Å²) in [5.41, 5.74) is -7.39. The molecule has 0 aromatic heterocycles. The molecule has 16 heteroatoms. The third-order valence-electron chi connectivity index (χ3n) is 13.4. The van der Waals surface area contributed by atoms with E-state index >= 15 is 0 Å². The maximum Gasteiger partial charge on any atom is 0.350 e. The van der Waals surface area contributed by atoms with Gasteiger partial charge in [0.15, 0.2) is 5.78 Å². The van der Waals surface area contributed by atoms with Gasteiger partial charge in [-0.1, -0.05) is 93.7 Å². The van der Waals surface area contributed by atoms with Crippen LogP contribution in [0.4, 0.5) is 0 Å². The zero-order valence-electron chi connectivity index (χ0n) is 39.9. The van der Waals surface area contributed by atoms with E-state index in [4.69, 9.17) is 18.9 Å². The molecule has 4 aliphatic rings. The normalized spacial score (nSPS) is 31.4. The molecular formula is C50H71Ac2NO13. The second kappa shape index (κ2) is 27.1. The van der Waals surface area contributed by atoms with Crippen LogP contribution in [0.3, 0.4) is 0 Å². The number of hydrogen-bond donors (Lipinski definition) is 5. The molecule has 0 aromatic carbocycles. The van der Waals surface area contributed by atoms with Gasteiger partial charge in [-0.3, -0.25) is 19.2 Å².